The van der Waals surface area contributed by atoms with Gasteiger partial charge < -0.3 is 10.1 Å². The number of unbranched alkanes of at least 4 members (excludes halogenated alkanes) is 14. The summed E-state index contributed by atoms with van der Waals surface area (Å²) in [6.45, 7) is 3.17. The van der Waals surface area contributed by atoms with Crippen molar-refractivity contribution in [3.05, 3.63) is 29.8 Å². The molecule has 31 heavy (non-hydrogen) atoms. The van der Waals surface area contributed by atoms with Gasteiger partial charge in [-0.25, -0.2) is 0 Å². The maximum atomic E-state index is 11.9. The summed E-state index contributed by atoms with van der Waals surface area (Å²) in [6, 6.07) is 7.03. The van der Waals surface area contributed by atoms with Crippen LogP contribution in [0.15, 0.2) is 24.3 Å². The van der Waals surface area contributed by atoms with Crippen LogP contribution >= 0.6 is 0 Å². The molecule has 0 spiro atoms. The van der Waals surface area contributed by atoms with Gasteiger partial charge in [-0.2, -0.15) is 0 Å². The van der Waals surface area contributed by atoms with E-state index in [0.29, 0.717) is 30.9 Å². The van der Waals surface area contributed by atoms with E-state index >= 15 is 0 Å². The van der Waals surface area contributed by atoms with Crippen molar-refractivity contribution in [3.63, 3.8) is 0 Å². The van der Waals surface area contributed by atoms with E-state index in [2.05, 4.69) is 12.2 Å². The molecule has 1 aromatic rings. The van der Waals surface area contributed by atoms with Gasteiger partial charge in [-0.1, -0.05) is 109 Å². The molecule has 0 radical (unpaired) electrons. The molecular formula is C27H45NO3. The molecule has 0 saturated heterocycles. The highest BCUT2D eigenvalue weighted by Gasteiger charge is 2.02. The number of hydrogen-bond acceptors (Lipinski definition) is 3. The van der Waals surface area contributed by atoms with Gasteiger partial charge in [0.2, 0.25) is 5.91 Å². The average Bonchev–Trinajstić information content (AvgIpc) is 2.79. The highest BCUT2D eigenvalue weighted by atomic mass is 16.5. The Labute approximate surface area is 190 Å². The summed E-state index contributed by atoms with van der Waals surface area (Å²) in [5.41, 5.74) is 0.592. The number of carbonyl (C=O) groups excluding carboxylic acids is 2. The summed E-state index contributed by atoms with van der Waals surface area (Å²) in [6.07, 6.45) is 21.4. The maximum absolute atomic E-state index is 11.9. The summed E-state index contributed by atoms with van der Waals surface area (Å²) in [5.74, 6) is 0.751. The Balaban J connectivity index is 1.81. The predicted octanol–water partition coefficient (Wildman–Crippen LogP) is 7.26. The molecule has 0 aromatic heterocycles. The number of rotatable bonds is 21. The Morgan fingerprint density at radius 3 is 1.94 bits per heavy atom. The first-order valence-electron chi connectivity index (χ1n) is 12.7. The molecule has 1 amide bonds. The van der Waals surface area contributed by atoms with Gasteiger partial charge in [-0.05, 0) is 18.6 Å². The summed E-state index contributed by atoms with van der Waals surface area (Å²) in [7, 11) is 0. The van der Waals surface area contributed by atoms with E-state index in [1.54, 1.807) is 18.2 Å². The van der Waals surface area contributed by atoms with Gasteiger partial charge in [0.15, 0.2) is 0 Å². The Morgan fingerprint density at radius 2 is 1.39 bits per heavy atom. The SMILES string of the molecule is CCCCCCCCCCCCCCCCCC(=O)NCCOc1cccc(C=O)c1. The second-order valence-corrected chi connectivity index (χ2v) is 8.59. The zero-order chi connectivity index (χ0) is 22.4. The molecule has 1 aromatic carbocycles. The molecule has 1 rings (SSSR count). The minimum Gasteiger partial charge on any atom is -0.492 e. The van der Waals surface area contributed by atoms with Crippen molar-refractivity contribution < 1.29 is 14.3 Å². The van der Waals surface area contributed by atoms with E-state index in [1.165, 1.54) is 83.5 Å². The molecule has 0 bridgehead atoms. The average molecular weight is 432 g/mol. The van der Waals surface area contributed by atoms with Gasteiger partial charge in [0.25, 0.3) is 0 Å². The molecule has 4 heteroatoms. The zero-order valence-corrected chi connectivity index (χ0v) is 19.8. The Morgan fingerprint density at radius 1 is 0.839 bits per heavy atom. The molecule has 0 saturated carbocycles. The van der Waals surface area contributed by atoms with Crippen LogP contribution in [0.1, 0.15) is 120 Å². The van der Waals surface area contributed by atoms with Crippen molar-refractivity contribution >= 4 is 12.2 Å². The summed E-state index contributed by atoms with van der Waals surface area (Å²) in [5, 5.41) is 2.90. The standard InChI is InChI=1S/C27H45NO3/c1-2-3-4-5-6-7-8-9-10-11-12-13-14-15-16-20-27(30)28-21-22-31-26-19-17-18-25(23-26)24-29/h17-19,23-24H,2-16,20-22H2,1H3,(H,28,30). The van der Waals surface area contributed by atoms with Gasteiger partial charge in [0.05, 0.1) is 6.54 Å². The Hall–Kier alpha value is -1.84. The summed E-state index contributed by atoms with van der Waals surface area (Å²) in [4.78, 5) is 22.6. The lowest BCUT2D eigenvalue weighted by Gasteiger charge is -2.08. The first-order chi connectivity index (χ1) is 15.3. The van der Waals surface area contributed by atoms with Crippen LogP contribution in [-0.4, -0.2) is 25.3 Å². The highest BCUT2D eigenvalue weighted by Crippen LogP contribution is 2.14. The maximum Gasteiger partial charge on any atom is 0.220 e. The third kappa shape index (κ3) is 16.5. The smallest absolute Gasteiger partial charge is 0.220 e. The van der Waals surface area contributed by atoms with E-state index in [9.17, 15) is 9.59 Å². The molecule has 176 valence electrons. The van der Waals surface area contributed by atoms with Crippen LogP contribution in [0.5, 0.6) is 5.75 Å². The first-order valence-corrected chi connectivity index (χ1v) is 12.7. The van der Waals surface area contributed by atoms with Crippen LogP contribution in [0.25, 0.3) is 0 Å². The number of benzene rings is 1. The highest BCUT2D eigenvalue weighted by molar-refractivity contribution is 5.76. The molecule has 1 N–H and O–H groups in total. The monoisotopic (exact) mass is 431 g/mol. The van der Waals surface area contributed by atoms with Gasteiger partial charge in [0, 0.05) is 12.0 Å². The molecular weight excluding hydrogens is 386 g/mol. The largest absolute Gasteiger partial charge is 0.492 e. The van der Waals surface area contributed by atoms with Crippen molar-refractivity contribution in [1.29, 1.82) is 0 Å². The van der Waals surface area contributed by atoms with E-state index < -0.39 is 0 Å². The quantitative estimate of drug-likeness (QED) is 0.165. The van der Waals surface area contributed by atoms with Crippen LogP contribution in [0.4, 0.5) is 0 Å². The van der Waals surface area contributed by atoms with Gasteiger partial charge in [-0.3, -0.25) is 9.59 Å². The van der Waals surface area contributed by atoms with Gasteiger partial charge in [-0.15, -0.1) is 0 Å². The third-order valence-corrected chi connectivity index (χ3v) is 5.69. The topological polar surface area (TPSA) is 55.4 Å². The number of hydrogen-bond donors (Lipinski definition) is 1. The fourth-order valence-electron chi connectivity index (χ4n) is 3.78. The van der Waals surface area contributed by atoms with Crippen molar-refractivity contribution in [3.8, 4) is 5.75 Å². The number of amides is 1. The van der Waals surface area contributed by atoms with Crippen LogP contribution in [-0.2, 0) is 4.79 Å². The first kappa shape index (κ1) is 27.2. The number of ether oxygens (including phenoxy) is 1. The van der Waals surface area contributed by atoms with Crippen molar-refractivity contribution in [1.82, 2.24) is 5.32 Å². The lowest BCUT2D eigenvalue weighted by atomic mass is 10.0. The third-order valence-electron chi connectivity index (χ3n) is 5.69. The van der Waals surface area contributed by atoms with E-state index in [0.717, 1.165) is 19.1 Å². The molecule has 4 nitrogen and oxygen atoms in total. The normalized spacial score (nSPS) is 10.7. The molecule has 0 heterocycles. The Kier molecular flexibility index (Phi) is 17.6. The van der Waals surface area contributed by atoms with Crippen LogP contribution in [0.3, 0.4) is 0 Å². The van der Waals surface area contributed by atoms with E-state index in [1.807, 2.05) is 6.07 Å². The predicted molar refractivity (Wildman–Crippen MR) is 130 cm³/mol. The minimum atomic E-state index is 0.0972. The van der Waals surface area contributed by atoms with Crippen LogP contribution < -0.4 is 10.1 Å². The molecule has 0 fully saturated rings. The van der Waals surface area contributed by atoms with Crippen LogP contribution in [0.2, 0.25) is 0 Å². The number of nitrogens with one attached hydrogen (secondary N) is 1. The second kappa shape index (κ2) is 20.1. The number of carbonyl (C=O) groups is 2. The fraction of sp³-hybridized carbons (Fsp3) is 0.704. The second-order valence-electron chi connectivity index (χ2n) is 8.59. The Bertz CT molecular complexity index is 573. The zero-order valence-electron chi connectivity index (χ0n) is 19.8. The lowest BCUT2D eigenvalue weighted by Crippen LogP contribution is -2.27. The van der Waals surface area contributed by atoms with Gasteiger partial charge in [0.1, 0.15) is 18.6 Å². The molecule has 0 unspecified atom stereocenters. The van der Waals surface area contributed by atoms with Crippen molar-refractivity contribution in [2.45, 2.75) is 110 Å². The van der Waals surface area contributed by atoms with Crippen molar-refractivity contribution in [2.24, 2.45) is 0 Å². The molecule has 0 aliphatic heterocycles. The molecule has 0 aliphatic rings. The van der Waals surface area contributed by atoms with E-state index in [4.69, 9.17) is 4.74 Å². The number of aldehydes is 1. The fourth-order valence-corrected chi connectivity index (χ4v) is 3.78. The molecule has 0 atom stereocenters. The van der Waals surface area contributed by atoms with E-state index in [-0.39, 0.29) is 5.91 Å². The summed E-state index contributed by atoms with van der Waals surface area (Å²) >= 11 is 0. The van der Waals surface area contributed by atoms with Crippen molar-refractivity contribution in [2.75, 3.05) is 13.2 Å². The summed E-state index contributed by atoms with van der Waals surface area (Å²) < 4.78 is 5.56. The minimum absolute atomic E-state index is 0.0972. The van der Waals surface area contributed by atoms with Crippen LogP contribution in [0, 0.1) is 0 Å². The van der Waals surface area contributed by atoms with Gasteiger partial charge >= 0.3 is 0 Å². The lowest BCUT2D eigenvalue weighted by molar-refractivity contribution is -0.121. The molecule has 0 aliphatic carbocycles.